The third kappa shape index (κ3) is 3.42. The largest absolute Gasteiger partial charge is 0.288 e. The van der Waals surface area contributed by atoms with Gasteiger partial charge in [-0.3, -0.25) is 4.99 Å². The minimum atomic E-state index is -1.60. The normalized spacial score (nSPS) is 11.3. The topological polar surface area (TPSA) is 12.4 Å². The Kier molecular flexibility index (Phi) is 4.30. The molecule has 21 heavy (non-hydrogen) atoms. The fourth-order valence-electron chi connectivity index (χ4n) is 1.59. The molecular weight excluding hydrogens is 296 g/mol. The predicted molar refractivity (Wildman–Crippen MR) is 63.9 cm³/mol. The molecule has 0 aliphatic rings. The molecule has 0 unspecified atom stereocenters. The molecular formula is C14H7F6N. The highest BCUT2D eigenvalue weighted by atomic mass is 19.2. The molecule has 0 aromatic heterocycles. The summed E-state index contributed by atoms with van der Waals surface area (Å²) in [5.74, 6) is -7.98. The number of benzene rings is 2. The minimum absolute atomic E-state index is 0.00522. The van der Waals surface area contributed by atoms with Gasteiger partial charge in [-0.15, -0.1) is 0 Å². The summed E-state index contributed by atoms with van der Waals surface area (Å²) in [4.78, 5) is 3.65. The van der Waals surface area contributed by atoms with E-state index in [2.05, 4.69) is 4.99 Å². The Morgan fingerprint density at radius 2 is 1.29 bits per heavy atom. The Hall–Kier alpha value is -2.31. The van der Waals surface area contributed by atoms with Crippen LogP contribution in [0, 0.1) is 34.9 Å². The maximum absolute atomic E-state index is 13.3. The van der Waals surface area contributed by atoms with Gasteiger partial charge in [0.05, 0.1) is 6.54 Å². The van der Waals surface area contributed by atoms with E-state index in [1.807, 2.05) is 0 Å². The summed E-state index contributed by atoms with van der Waals surface area (Å²) < 4.78 is 77.5. The molecule has 0 fully saturated rings. The van der Waals surface area contributed by atoms with E-state index in [1.165, 1.54) is 0 Å². The molecule has 0 amide bonds. The molecule has 0 spiro atoms. The van der Waals surface area contributed by atoms with Crippen molar-refractivity contribution in [2.75, 3.05) is 0 Å². The van der Waals surface area contributed by atoms with Gasteiger partial charge in [-0.05, 0) is 23.8 Å². The van der Waals surface area contributed by atoms with E-state index >= 15 is 0 Å². The Morgan fingerprint density at radius 1 is 0.714 bits per heavy atom. The minimum Gasteiger partial charge on any atom is -0.288 e. The molecule has 1 nitrogen and oxygen atoms in total. The van der Waals surface area contributed by atoms with Gasteiger partial charge in [0, 0.05) is 17.8 Å². The second kappa shape index (κ2) is 5.99. The van der Waals surface area contributed by atoms with Crippen molar-refractivity contribution in [3.63, 3.8) is 0 Å². The van der Waals surface area contributed by atoms with Crippen molar-refractivity contribution in [1.82, 2.24) is 0 Å². The van der Waals surface area contributed by atoms with Crippen LogP contribution in [0.2, 0.25) is 0 Å². The SMILES string of the molecule is Fc1cc(F)c(C=NCc2cc(F)c(F)c(F)c2)cc1F. The van der Waals surface area contributed by atoms with Gasteiger partial charge in [0.15, 0.2) is 29.1 Å². The van der Waals surface area contributed by atoms with Crippen LogP contribution in [0.25, 0.3) is 0 Å². The molecule has 0 radical (unpaired) electrons. The van der Waals surface area contributed by atoms with Crippen molar-refractivity contribution < 1.29 is 26.3 Å². The van der Waals surface area contributed by atoms with Crippen molar-refractivity contribution >= 4 is 6.21 Å². The van der Waals surface area contributed by atoms with Crippen molar-refractivity contribution in [3.05, 3.63) is 70.3 Å². The number of hydrogen-bond acceptors (Lipinski definition) is 1. The van der Waals surface area contributed by atoms with Crippen molar-refractivity contribution in [3.8, 4) is 0 Å². The lowest BCUT2D eigenvalue weighted by molar-refractivity contribution is 0.445. The predicted octanol–water partition coefficient (Wildman–Crippen LogP) is 4.14. The first kappa shape index (κ1) is 15.1. The summed E-state index contributed by atoms with van der Waals surface area (Å²) in [6, 6.07) is 2.42. The first-order valence-corrected chi connectivity index (χ1v) is 5.66. The molecule has 0 bridgehead atoms. The summed E-state index contributed by atoms with van der Waals surface area (Å²) in [6.45, 7) is -0.285. The number of hydrogen-bond donors (Lipinski definition) is 0. The molecule has 2 aromatic rings. The molecule has 0 aliphatic heterocycles. The lowest BCUT2D eigenvalue weighted by atomic mass is 10.2. The summed E-state index contributed by atoms with van der Waals surface area (Å²) in [5, 5.41) is 0. The zero-order valence-corrected chi connectivity index (χ0v) is 10.3. The number of nitrogens with zero attached hydrogens (tertiary/aromatic N) is 1. The van der Waals surface area contributed by atoms with Crippen LogP contribution in [0.15, 0.2) is 29.3 Å². The monoisotopic (exact) mass is 303 g/mol. The van der Waals surface area contributed by atoms with Crippen LogP contribution in [-0.4, -0.2) is 6.21 Å². The van der Waals surface area contributed by atoms with E-state index in [9.17, 15) is 26.3 Å². The van der Waals surface area contributed by atoms with Gasteiger partial charge in [-0.1, -0.05) is 0 Å². The van der Waals surface area contributed by atoms with Gasteiger partial charge < -0.3 is 0 Å². The van der Waals surface area contributed by atoms with Crippen molar-refractivity contribution in [2.45, 2.75) is 6.54 Å². The standard InChI is InChI=1S/C14H7F6N/c15-9-4-11(17)10(16)3-8(9)6-21-5-7-1-12(18)14(20)13(19)2-7/h1-4,6H,5H2. The van der Waals surface area contributed by atoms with Crippen LogP contribution >= 0.6 is 0 Å². The Labute approximate surface area is 115 Å². The van der Waals surface area contributed by atoms with E-state index in [1.54, 1.807) is 0 Å². The molecule has 2 rings (SSSR count). The van der Waals surface area contributed by atoms with E-state index in [0.717, 1.165) is 18.3 Å². The molecule has 0 heterocycles. The quantitative estimate of drug-likeness (QED) is 0.350. The maximum atomic E-state index is 13.3. The molecule has 110 valence electrons. The van der Waals surface area contributed by atoms with E-state index in [-0.39, 0.29) is 17.7 Å². The lowest BCUT2D eigenvalue weighted by Crippen LogP contribution is -1.96. The lowest BCUT2D eigenvalue weighted by Gasteiger charge is -2.01. The van der Waals surface area contributed by atoms with Crippen LogP contribution in [0.3, 0.4) is 0 Å². The molecule has 0 aliphatic carbocycles. The van der Waals surface area contributed by atoms with Crippen LogP contribution in [0.1, 0.15) is 11.1 Å². The molecule has 0 saturated heterocycles. The highest BCUT2D eigenvalue weighted by Gasteiger charge is 2.10. The number of aliphatic imine (C=N–C) groups is 1. The van der Waals surface area contributed by atoms with E-state index in [4.69, 9.17) is 0 Å². The summed E-state index contributed by atoms with van der Waals surface area (Å²) >= 11 is 0. The summed E-state index contributed by atoms with van der Waals surface area (Å²) in [5.41, 5.74) is -0.317. The second-order valence-corrected chi connectivity index (χ2v) is 4.13. The summed E-state index contributed by atoms with van der Waals surface area (Å²) in [7, 11) is 0. The fraction of sp³-hybridized carbons (Fsp3) is 0.0714. The first-order valence-electron chi connectivity index (χ1n) is 5.66. The number of halogens is 6. The summed E-state index contributed by atoms with van der Waals surface area (Å²) in [6.07, 6.45) is 0.886. The molecule has 2 aromatic carbocycles. The average molecular weight is 303 g/mol. The maximum Gasteiger partial charge on any atom is 0.194 e. The Balaban J connectivity index is 2.18. The third-order valence-electron chi connectivity index (χ3n) is 2.59. The van der Waals surface area contributed by atoms with Crippen LogP contribution in [-0.2, 0) is 6.54 Å². The first-order chi connectivity index (χ1) is 9.88. The van der Waals surface area contributed by atoms with Gasteiger partial charge in [0.1, 0.15) is 5.82 Å². The van der Waals surface area contributed by atoms with Gasteiger partial charge in [0.25, 0.3) is 0 Å². The fourth-order valence-corrected chi connectivity index (χ4v) is 1.59. The van der Waals surface area contributed by atoms with Crippen LogP contribution in [0.4, 0.5) is 26.3 Å². The van der Waals surface area contributed by atoms with Gasteiger partial charge in [0.2, 0.25) is 0 Å². The van der Waals surface area contributed by atoms with Gasteiger partial charge in [-0.2, -0.15) is 0 Å². The van der Waals surface area contributed by atoms with Gasteiger partial charge in [-0.25, -0.2) is 26.3 Å². The smallest absolute Gasteiger partial charge is 0.194 e. The Bertz CT molecular complexity index is 688. The molecule has 0 saturated carbocycles. The molecule has 7 heteroatoms. The van der Waals surface area contributed by atoms with E-state index < -0.39 is 34.9 Å². The van der Waals surface area contributed by atoms with E-state index in [0.29, 0.717) is 12.1 Å². The number of rotatable bonds is 3. The highest BCUT2D eigenvalue weighted by Crippen LogP contribution is 2.15. The van der Waals surface area contributed by atoms with Crippen molar-refractivity contribution in [1.29, 1.82) is 0 Å². The molecule has 0 atom stereocenters. The van der Waals surface area contributed by atoms with Crippen LogP contribution < -0.4 is 0 Å². The van der Waals surface area contributed by atoms with Crippen molar-refractivity contribution in [2.24, 2.45) is 4.99 Å². The third-order valence-corrected chi connectivity index (χ3v) is 2.59. The van der Waals surface area contributed by atoms with Gasteiger partial charge >= 0.3 is 0 Å². The molecule has 0 N–H and O–H groups in total. The Morgan fingerprint density at radius 3 is 1.90 bits per heavy atom. The zero-order valence-electron chi connectivity index (χ0n) is 10.3. The highest BCUT2D eigenvalue weighted by molar-refractivity contribution is 5.79. The van der Waals surface area contributed by atoms with Crippen LogP contribution in [0.5, 0.6) is 0 Å². The second-order valence-electron chi connectivity index (χ2n) is 4.13. The average Bonchev–Trinajstić information content (AvgIpc) is 2.41. The zero-order chi connectivity index (χ0) is 15.6.